The molecular formula is C23H33BN4O4. The first kappa shape index (κ1) is 24.1. The summed E-state index contributed by atoms with van der Waals surface area (Å²) < 4.78 is 18.2. The van der Waals surface area contributed by atoms with Crippen LogP contribution >= 0.6 is 0 Å². The van der Waals surface area contributed by atoms with Gasteiger partial charge >= 0.3 is 13.1 Å². The summed E-state index contributed by atoms with van der Waals surface area (Å²) >= 11 is 0. The van der Waals surface area contributed by atoms with Crippen molar-refractivity contribution in [2.24, 2.45) is 11.7 Å². The van der Waals surface area contributed by atoms with Gasteiger partial charge in [0, 0.05) is 12.6 Å². The fraction of sp³-hybridized carbons (Fsp3) is 0.435. The predicted molar refractivity (Wildman–Crippen MR) is 126 cm³/mol. The lowest BCUT2D eigenvalue weighted by Crippen LogP contribution is -2.49. The Hall–Kier alpha value is -2.59. The van der Waals surface area contributed by atoms with Gasteiger partial charge < -0.3 is 14.0 Å². The molecule has 3 rings (SSSR count). The molecule has 0 radical (unpaired) electrons. The first-order chi connectivity index (χ1) is 15.0. The van der Waals surface area contributed by atoms with Crippen LogP contribution in [0.3, 0.4) is 0 Å². The lowest BCUT2D eigenvalue weighted by molar-refractivity contribution is 0.0842. The second kappa shape index (κ2) is 9.50. The number of hydrazine groups is 2. The van der Waals surface area contributed by atoms with Gasteiger partial charge in [-0.2, -0.15) is 0 Å². The topological polar surface area (TPSA) is 103 Å². The highest BCUT2D eigenvalue weighted by Gasteiger charge is 2.43. The first-order valence-electron chi connectivity index (χ1n) is 10.8. The zero-order chi connectivity index (χ0) is 23.6. The normalized spacial score (nSPS) is 17.4. The third-order valence-corrected chi connectivity index (χ3v) is 5.96. The molecule has 1 fully saturated rings. The molecule has 32 heavy (non-hydrogen) atoms. The van der Waals surface area contributed by atoms with Crippen LogP contribution < -0.4 is 26.9 Å². The van der Waals surface area contributed by atoms with E-state index in [9.17, 15) is 4.79 Å². The van der Waals surface area contributed by atoms with Crippen molar-refractivity contribution in [1.82, 2.24) is 5.01 Å². The van der Waals surface area contributed by atoms with Crippen molar-refractivity contribution in [2.75, 3.05) is 12.1 Å². The molecule has 1 unspecified atom stereocenters. The Bertz CT molecular complexity index is 982. The number of urea groups is 1. The SMILES string of the molecule is CCc1cccc(N(N)C(=O)N(C)N)c1COc1ccc(B2OC(C)C(C)(C)O2)cc1C. The summed E-state index contributed by atoms with van der Waals surface area (Å²) in [4.78, 5) is 12.3. The second-order valence-electron chi connectivity index (χ2n) is 8.68. The molecule has 2 aromatic rings. The Morgan fingerprint density at radius 2 is 1.97 bits per heavy atom. The molecule has 1 heterocycles. The van der Waals surface area contributed by atoms with E-state index < -0.39 is 13.1 Å². The van der Waals surface area contributed by atoms with E-state index in [1.54, 1.807) is 6.07 Å². The molecule has 0 saturated carbocycles. The van der Waals surface area contributed by atoms with Gasteiger partial charge in [0.25, 0.3) is 0 Å². The minimum atomic E-state index is -0.520. The van der Waals surface area contributed by atoms with Gasteiger partial charge in [0.05, 0.1) is 17.4 Å². The molecule has 0 bridgehead atoms. The molecule has 0 aliphatic carbocycles. The van der Waals surface area contributed by atoms with Gasteiger partial charge in [-0.15, -0.1) is 0 Å². The van der Waals surface area contributed by atoms with Crippen LogP contribution in [0.4, 0.5) is 10.5 Å². The molecule has 1 atom stereocenters. The van der Waals surface area contributed by atoms with Crippen LogP contribution in [0.15, 0.2) is 36.4 Å². The molecule has 0 aromatic heterocycles. The van der Waals surface area contributed by atoms with E-state index in [0.717, 1.165) is 44.3 Å². The number of nitrogens with zero attached hydrogens (tertiary/aromatic N) is 2. The monoisotopic (exact) mass is 440 g/mol. The van der Waals surface area contributed by atoms with Gasteiger partial charge in [0.2, 0.25) is 0 Å². The van der Waals surface area contributed by atoms with E-state index >= 15 is 0 Å². The average molecular weight is 440 g/mol. The average Bonchev–Trinajstić information content (AvgIpc) is 3.03. The lowest BCUT2D eigenvalue weighted by Gasteiger charge is -2.24. The standard InChI is InChI=1S/C23H33BN4O4/c1-7-17-9-8-10-20(28(26)22(29)27(6)25)19(17)14-30-21-12-11-18(13-15(21)2)24-31-16(3)23(4,5)32-24/h8-13,16H,7,14,25-26H2,1-6H3. The van der Waals surface area contributed by atoms with Crippen molar-refractivity contribution >= 4 is 24.3 Å². The summed E-state index contributed by atoms with van der Waals surface area (Å²) in [5.74, 6) is 12.4. The van der Waals surface area contributed by atoms with Gasteiger partial charge in [-0.05, 0) is 62.8 Å². The highest BCUT2D eigenvalue weighted by atomic mass is 16.7. The van der Waals surface area contributed by atoms with E-state index in [4.69, 9.17) is 25.7 Å². The Balaban J connectivity index is 1.80. The number of rotatable bonds is 6. The van der Waals surface area contributed by atoms with Gasteiger partial charge in [0.15, 0.2) is 0 Å². The summed E-state index contributed by atoms with van der Waals surface area (Å²) in [6.45, 7) is 10.4. The summed E-state index contributed by atoms with van der Waals surface area (Å²) in [5.41, 5.74) is 4.02. The van der Waals surface area contributed by atoms with Crippen LogP contribution in [0.25, 0.3) is 0 Å². The van der Waals surface area contributed by atoms with Gasteiger partial charge in [-0.1, -0.05) is 31.2 Å². The quantitative estimate of drug-likeness (QED) is 0.310. The largest absolute Gasteiger partial charge is 0.494 e. The molecule has 8 nitrogen and oxygen atoms in total. The molecule has 4 N–H and O–H groups in total. The number of carbonyl (C=O) groups is 1. The van der Waals surface area contributed by atoms with Gasteiger partial charge in [-0.25, -0.2) is 21.5 Å². The van der Waals surface area contributed by atoms with Crippen LogP contribution in [0.1, 0.15) is 44.4 Å². The van der Waals surface area contributed by atoms with Crippen molar-refractivity contribution in [3.8, 4) is 5.75 Å². The Kier molecular flexibility index (Phi) is 7.14. The highest BCUT2D eigenvalue weighted by molar-refractivity contribution is 6.62. The minimum absolute atomic E-state index is 0.00202. The number of carbonyl (C=O) groups excluding carboxylic acids is 1. The molecule has 0 spiro atoms. The van der Waals surface area contributed by atoms with E-state index in [2.05, 4.69) is 0 Å². The van der Waals surface area contributed by atoms with Gasteiger partial charge in [-0.3, -0.25) is 5.01 Å². The maximum atomic E-state index is 12.3. The number of benzene rings is 2. The molecule has 9 heteroatoms. The first-order valence-corrected chi connectivity index (χ1v) is 10.8. The van der Waals surface area contributed by atoms with Crippen molar-refractivity contribution < 1.29 is 18.8 Å². The van der Waals surface area contributed by atoms with Crippen molar-refractivity contribution in [1.29, 1.82) is 0 Å². The molecule has 172 valence electrons. The number of amides is 2. The molecule has 2 amide bonds. The summed E-state index contributed by atoms with van der Waals surface area (Å²) in [7, 11) is 1.05. The van der Waals surface area contributed by atoms with Crippen LogP contribution in [-0.2, 0) is 22.3 Å². The maximum absolute atomic E-state index is 12.3. The third-order valence-electron chi connectivity index (χ3n) is 5.96. The Morgan fingerprint density at radius 3 is 2.53 bits per heavy atom. The molecule has 2 aromatic carbocycles. The number of aryl methyl sites for hydroxylation is 2. The number of anilines is 1. The van der Waals surface area contributed by atoms with Gasteiger partial charge in [0.1, 0.15) is 12.4 Å². The van der Waals surface area contributed by atoms with Crippen LogP contribution in [0.2, 0.25) is 0 Å². The third kappa shape index (κ3) is 4.91. The van der Waals surface area contributed by atoms with E-state index in [-0.39, 0.29) is 18.3 Å². The zero-order valence-corrected chi connectivity index (χ0v) is 19.7. The molecular weight excluding hydrogens is 407 g/mol. The van der Waals surface area contributed by atoms with E-state index in [1.807, 2.05) is 65.0 Å². The Labute approximate surface area is 190 Å². The number of ether oxygens (including phenoxy) is 1. The summed E-state index contributed by atoms with van der Waals surface area (Å²) in [6.07, 6.45) is 0.775. The maximum Gasteiger partial charge on any atom is 0.494 e. The van der Waals surface area contributed by atoms with Crippen LogP contribution in [0.5, 0.6) is 5.75 Å². The van der Waals surface area contributed by atoms with E-state index in [1.165, 1.54) is 7.05 Å². The summed E-state index contributed by atoms with van der Waals surface area (Å²) in [5, 5.41) is 1.99. The fourth-order valence-electron chi connectivity index (χ4n) is 3.64. The molecule has 1 aliphatic heterocycles. The highest BCUT2D eigenvalue weighted by Crippen LogP contribution is 2.29. The lowest BCUT2D eigenvalue weighted by atomic mass is 9.78. The van der Waals surface area contributed by atoms with Crippen molar-refractivity contribution in [3.05, 3.63) is 53.1 Å². The fourth-order valence-corrected chi connectivity index (χ4v) is 3.64. The number of hydrogen-bond acceptors (Lipinski definition) is 6. The van der Waals surface area contributed by atoms with E-state index in [0.29, 0.717) is 5.69 Å². The zero-order valence-electron chi connectivity index (χ0n) is 19.7. The van der Waals surface area contributed by atoms with Crippen LogP contribution in [-0.4, -0.2) is 36.9 Å². The van der Waals surface area contributed by atoms with Crippen molar-refractivity contribution in [3.63, 3.8) is 0 Å². The Morgan fingerprint density at radius 1 is 1.25 bits per heavy atom. The minimum Gasteiger partial charge on any atom is -0.489 e. The summed E-state index contributed by atoms with van der Waals surface area (Å²) in [6, 6.07) is 11.0. The molecule has 1 saturated heterocycles. The van der Waals surface area contributed by atoms with Crippen molar-refractivity contribution in [2.45, 2.75) is 59.4 Å². The predicted octanol–water partition coefficient (Wildman–Crippen LogP) is 2.65. The van der Waals surface area contributed by atoms with Crippen LogP contribution in [0, 0.1) is 6.92 Å². The molecule has 1 aliphatic rings. The number of hydrogen-bond donors (Lipinski definition) is 2. The second-order valence-corrected chi connectivity index (χ2v) is 8.68. The smallest absolute Gasteiger partial charge is 0.489 e. The number of nitrogens with two attached hydrogens (primary N) is 2.